The molecule has 0 amide bonds. The molecule has 0 spiro atoms. The van der Waals surface area contributed by atoms with E-state index >= 15 is 0 Å². The van der Waals surface area contributed by atoms with Crippen LogP contribution in [0.2, 0.25) is 0 Å². The van der Waals surface area contributed by atoms with Gasteiger partial charge in [0, 0.05) is 20.1 Å². The molecule has 0 bridgehead atoms. The van der Waals surface area contributed by atoms with E-state index in [1.165, 1.54) is 32.4 Å². The molecule has 0 radical (unpaired) electrons. The van der Waals surface area contributed by atoms with Gasteiger partial charge in [-0.3, -0.25) is 4.90 Å². The summed E-state index contributed by atoms with van der Waals surface area (Å²) in [6, 6.07) is 7.86. The maximum Gasteiger partial charge on any atom is 0.166 e. The minimum atomic E-state index is -0.423. The van der Waals surface area contributed by atoms with E-state index in [-0.39, 0.29) is 0 Å². The highest BCUT2D eigenvalue weighted by atomic mass is 32.1. The SMILES string of the molecule is CNC(=S)NCCCCC(O)c1ccc(OCCN2CCCCC2)cc1. The smallest absolute Gasteiger partial charge is 0.166 e. The second-order valence-corrected chi connectivity index (χ2v) is 7.25. The Balaban J connectivity index is 1.61. The van der Waals surface area contributed by atoms with Crippen molar-refractivity contribution in [3.63, 3.8) is 0 Å². The lowest BCUT2D eigenvalue weighted by Crippen LogP contribution is -2.33. The van der Waals surface area contributed by atoms with Crippen molar-refractivity contribution in [3.05, 3.63) is 29.8 Å². The molecule has 1 fully saturated rings. The summed E-state index contributed by atoms with van der Waals surface area (Å²) in [4.78, 5) is 2.47. The number of unbranched alkanes of at least 4 members (excludes halogenated alkanes) is 1. The maximum atomic E-state index is 10.3. The van der Waals surface area contributed by atoms with Gasteiger partial charge < -0.3 is 20.5 Å². The molecule has 1 saturated heterocycles. The number of ether oxygens (including phenoxy) is 1. The number of benzene rings is 1. The van der Waals surface area contributed by atoms with Crippen molar-refractivity contribution >= 4 is 17.3 Å². The van der Waals surface area contributed by atoms with Gasteiger partial charge in [-0.15, -0.1) is 0 Å². The van der Waals surface area contributed by atoms with Crippen LogP contribution in [0.1, 0.15) is 50.2 Å². The molecule has 3 N–H and O–H groups in total. The van der Waals surface area contributed by atoms with E-state index in [0.29, 0.717) is 5.11 Å². The Kier molecular flexibility index (Phi) is 9.74. The zero-order valence-corrected chi connectivity index (χ0v) is 16.7. The topological polar surface area (TPSA) is 56.8 Å². The van der Waals surface area contributed by atoms with Crippen LogP contribution in [0.5, 0.6) is 5.75 Å². The van der Waals surface area contributed by atoms with E-state index in [4.69, 9.17) is 17.0 Å². The monoisotopic (exact) mass is 379 g/mol. The van der Waals surface area contributed by atoms with Gasteiger partial charge in [-0.05, 0) is 75.1 Å². The molecule has 1 aliphatic heterocycles. The number of aliphatic hydroxyl groups excluding tert-OH is 1. The first-order valence-electron chi connectivity index (χ1n) is 9.78. The summed E-state index contributed by atoms with van der Waals surface area (Å²) in [5, 5.41) is 17.0. The molecule has 2 rings (SSSR count). The number of hydrogen-bond acceptors (Lipinski definition) is 4. The number of thiocarbonyl (C=S) groups is 1. The minimum Gasteiger partial charge on any atom is -0.492 e. The van der Waals surface area contributed by atoms with Crippen molar-refractivity contribution in [1.82, 2.24) is 15.5 Å². The molecule has 26 heavy (non-hydrogen) atoms. The van der Waals surface area contributed by atoms with Gasteiger partial charge in [-0.2, -0.15) is 0 Å². The largest absolute Gasteiger partial charge is 0.492 e. The van der Waals surface area contributed by atoms with Gasteiger partial charge in [0.05, 0.1) is 6.10 Å². The molecular formula is C20H33N3O2S. The van der Waals surface area contributed by atoms with Crippen LogP contribution >= 0.6 is 12.2 Å². The van der Waals surface area contributed by atoms with E-state index in [1.807, 2.05) is 24.3 Å². The van der Waals surface area contributed by atoms with Crippen LogP contribution in [-0.4, -0.2) is 55.0 Å². The molecule has 1 aromatic carbocycles. The van der Waals surface area contributed by atoms with Gasteiger partial charge in [-0.1, -0.05) is 18.6 Å². The van der Waals surface area contributed by atoms with Crippen molar-refractivity contribution in [1.29, 1.82) is 0 Å². The Morgan fingerprint density at radius 2 is 1.92 bits per heavy atom. The number of aliphatic hydroxyl groups is 1. The van der Waals surface area contributed by atoms with Crippen LogP contribution in [0, 0.1) is 0 Å². The summed E-state index contributed by atoms with van der Waals surface area (Å²) in [5.74, 6) is 0.878. The number of likely N-dealkylation sites (tertiary alicyclic amines) is 1. The van der Waals surface area contributed by atoms with E-state index in [9.17, 15) is 5.11 Å². The van der Waals surface area contributed by atoms with Gasteiger partial charge in [0.15, 0.2) is 5.11 Å². The quantitative estimate of drug-likeness (QED) is 0.429. The minimum absolute atomic E-state index is 0.423. The third-order valence-corrected chi connectivity index (χ3v) is 5.16. The number of piperidine rings is 1. The summed E-state index contributed by atoms with van der Waals surface area (Å²) >= 11 is 5.03. The van der Waals surface area contributed by atoms with E-state index in [0.717, 1.165) is 50.3 Å². The highest BCUT2D eigenvalue weighted by molar-refractivity contribution is 7.80. The van der Waals surface area contributed by atoms with Gasteiger partial charge >= 0.3 is 0 Å². The molecule has 0 saturated carbocycles. The zero-order chi connectivity index (χ0) is 18.6. The fourth-order valence-electron chi connectivity index (χ4n) is 3.18. The summed E-state index contributed by atoms with van der Waals surface area (Å²) in [6.07, 6.45) is 6.25. The Bertz CT molecular complexity index is 518. The van der Waals surface area contributed by atoms with Crippen molar-refractivity contribution < 1.29 is 9.84 Å². The van der Waals surface area contributed by atoms with E-state index in [2.05, 4.69) is 15.5 Å². The third-order valence-electron chi connectivity index (χ3n) is 4.81. The fraction of sp³-hybridized carbons (Fsp3) is 0.650. The molecule has 0 aliphatic carbocycles. The van der Waals surface area contributed by atoms with Crippen LogP contribution in [0.15, 0.2) is 24.3 Å². The second kappa shape index (κ2) is 12.1. The predicted molar refractivity (Wildman–Crippen MR) is 111 cm³/mol. The molecule has 1 heterocycles. The summed E-state index contributed by atoms with van der Waals surface area (Å²) in [7, 11) is 1.81. The van der Waals surface area contributed by atoms with E-state index < -0.39 is 6.10 Å². The molecule has 5 nitrogen and oxygen atoms in total. The predicted octanol–water partition coefficient (Wildman–Crippen LogP) is 2.85. The first-order chi connectivity index (χ1) is 12.7. The Hall–Kier alpha value is -1.37. The van der Waals surface area contributed by atoms with Gasteiger partial charge in [-0.25, -0.2) is 0 Å². The van der Waals surface area contributed by atoms with Crippen molar-refractivity contribution in [2.75, 3.05) is 39.8 Å². The molecule has 1 aliphatic rings. The molecule has 0 aromatic heterocycles. The maximum absolute atomic E-state index is 10.3. The van der Waals surface area contributed by atoms with Gasteiger partial charge in [0.1, 0.15) is 12.4 Å². The lowest BCUT2D eigenvalue weighted by atomic mass is 10.0. The molecule has 1 atom stereocenters. The number of hydrogen-bond donors (Lipinski definition) is 3. The van der Waals surface area contributed by atoms with Crippen LogP contribution in [0.25, 0.3) is 0 Å². The average molecular weight is 380 g/mol. The van der Waals surface area contributed by atoms with Crippen LogP contribution < -0.4 is 15.4 Å². The lowest BCUT2D eigenvalue weighted by molar-refractivity contribution is 0.163. The summed E-state index contributed by atoms with van der Waals surface area (Å²) in [6.45, 7) is 4.95. The highest BCUT2D eigenvalue weighted by Crippen LogP contribution is 2.22. The Morgan fingerprint density at radius 3 is 2.62 bits per heavy atom. The third kappa shape index (κ3) is 7.89. The second-order valence-electron chi connectivity index (χ2n) is 6.84. The molecule has 1 unspecified atom stereocenters. The lowest BCUT2D eigenvalue weighted by Gasteiger charge is -2.26. The van der Waals surface area contributed by atoms with Crippen molar-refractivity contribution in [3.8, 4) is 5.75 Å². The summed E-state index contributed by atoms with van der Waals surface area (Å²) < 4.78 is 5.84. The normalized spacial score (nSPS) is 16.1. The Morgan fingerprint density at radius 1 is 1.19 bits per heavy atom. The zero-order valence-electron chi connectivity index (χ0n) is 15.9. The number of nitrogens with zero attached hydrogens (tertiary/aromatic N) is 1. The number of rotatable bonds is 10. The number of nitrogens with one attached hydrogen (secondary N) is 2. The van der Waals surface area contributed by atoms with Crippen LogP contribution in [0.3, 0.4) is 0 Å². The fourth-order valence-corrected chi connectivity index (χ4v) is 3.28. The van der Waals surface area contributed by atoms with Crippen molar-refractivity contribution in [2.45, 2.75) is 44.6 Å². The molecule has 146 valence electrons. The molecular weight excluding hydrogens is 346 g/mol. The first kappa shape index (κ1) is 20.9. The Labute approximate surface area is 163 Å². The van der Waals surface area contributed by atoms with Gasteiger partial charge in [0.25, 0.3) is 0 Å². The van der Waals surface area contributed by atoms with E-state index in [1.54, 1.807) is 7.05 Å². The van der Waals surface area contributed by atoms with Crippen LogP contribution in [-0.2, 0) is 0 Å². The summed E-state index contributed by atoms with van der Waals surface area (Å²) in [5.41, 5.74) is 0.951. The van der Waals surface area contributed by atoms with Gasteiger partial charge in [0.2, 0.25) is 0 Å². The van der Waals surface area contributed by atoms with Crippen LogP contribution in [0.4, 0.5) is 0 Å². The molecule has 1 aromatic rings. The standard InChI is InChI=1S/C20H33N3O2S/c1-21-20(26)22-12-4-3-7-19(24)17-8-10-18(11-9-17)25-16-15-23-13-5-2-6-14-23/h8-11,19,24H,2-7,12-16H2,1H3,(H2,21,22,26). The molecule has 6 heteroatoms. The average Bonchev–Trinajstić information content (AvgIpc) is 2.68. The van der Waals surface area contributed by atoms with Crippen molar-refractivity contribution in [2.24, 2.45) is 0 Å². The highest BCUT2D eigenvalue weighted by Gasteiger charge is 2.10. The first-order valence-corrected chi connectivity index (χ1v) is 10.2.